The summed E-state index contributed by atoms with van der Waals surface area (Å²) in [6, 6.07) is 0. The highest BCUT2D eigenvalue weighted by molar-refractivity contribution is 4.75. The van der Waals surface area contributed by atoms with Crippen molar-refractivity contribution >= 4 is 0 Å². The number of hydrogen-bond acceptors (Lipinski definition) is 3. The second-order valence-corrected chi connectivity index (χ2v) is 6.82. The molecule has 0 aliphatic carbocycles. The molecule has 2 N–H and O–H groups in total. The van der Waals surface area contributed by atoms with Crippen LogP contribution in [0.5, 0.6) is 0 Å². The van der Waals surface area contributed by atoms with E-state index < -0.39 is 0 Å². The van der Waals surface area contributed by atoms with Crippen LogP contribution in [-0.2, 0) is 0 Å². The van der Waals surface area contributed by atoms with Crippen LogP contribution in [0.1, 0.15) is 33.6 Å². The van der Waals surface area contributed by atoms with Gasteiger partial charge in [0.05, 0.1) is 0 Å². The van der Waals surface area contributed by atoms with E-state index in [1.165, 1.54) is 45.6 Å². The Kier molecular flexibility index (Phi) is 5.90. The Hall–Kier alpha value is -0.120. The van der Waals surface area contributed by atoms with Crippen LogP contribution in [0.25, 0.3) is 0 Å². The standard InChI is InChI=1S/C14H31N3/c1-14(2,3)10-13(11-15)12-17-7-5-6-16(4)8-9-17/h13H,5-12,15H2,1-4H3. The minimum atomic E-state index is 0.396. The molecule has 0 radical (unpaired) electrons. The lowest BCUT2D eigenvalue weighted by molar-refractivity contribution is 0.198. The summed E-state index contributed by atoms with van der Waals surface area (Å²) in [5.41, 5.74) is 6.32. The molecule has 1 rings (SSSR count). The van der Waals surface area contributed by atoms with Gasteiger partial charge in [-0.15, -0.1) is 0 Å². The topological polar surface area (TPSA) is 32.5 Å². The highest BCUT2D eigenvalue weighted by atomic mass is 15.2. The smallest absolute Gasteiger partial charge is 0.0109 e. The average molecular weight is 241 g/mol. The molecule has 3 nitrogen and oxygen atoms in total. The molecule has 0 aromatic rings. The molecule has 0 amide bonds. The second kappa shape index (κ2) is 6.72. The summed E-state index contributed by atoms with van der Waals surface area (Å²) in [5.74, 6) is 0.651. The van der Waals surface area contributed by atoms with Gasteiger partial charge in [-0.3, -0.25) is 0 Å². The predicted octanol–water partition coefficient (Wildman–Crippen LogP) is 1.64. The maximum absolute atomic E-state index is 5.93. The quantitative estimate of drug-likeness (QED) is 0.812. The van der Waals surface area contributed by atoms with Gasteiger partial charge < -0.3 is 15.5 Å². The lowest BCUT2D eigenvalue weighted by Crippen LogP contribution is -2.37. The van der Waals surface area contributed by atoms with E-state index in [4.69, 9.17) is 5.73 Å². The largest absolute Gasteiger partial charge is 0.330 e. The molecule has 3 heteroatoms. The number of likely N-dealkylation sites (N-methyl/N-ethyl adjacent to an activating group) is 1. The van der Waals surface area contributed by atoms with Crippen molar-refractivity contribution in [2.24, 2.45) is 17.1 Å². The van der Waals surface area contributed by atoms with Gasteiger partial charge >= 0.3 is 0 Å². The maximum atomic E-state index is 5.93. The van der Waals surface area contributed by atoms with Crippen molar-refractivity contribution in [3.8, 4) is 0 Å². The van der Waals surface area contributed by atoms with E-state index >= 15 is 0 Å². The average Bonchev–Trinajstić information content (AvgIpc) is 2.41. The lowest BCUT2D eigenvalue weighted by atomic mass is 9.84. The Morgan fingerprint density at radius 2 is 1.82 bits per heavy atom. The van der Waals surface area contributed by atoms with Crippen molar-refractivity contribution in [3.05, 3.63) is 0 Å². The van der Waals surface area contributed by atoms with E-state index in [1.54, 1.807) is 0 Å². The van der Waals surface area contributed by atoms with Crippen LogP contribution in [0, 0.1) is 11.3 Å². The van der Waals surface area contributed by atoms with Gasteiger partial charge in [0, 0.05) is 19.6 Å². The Morgan fingerprint density at radius 3 is 2.41 bits per heavy atom. The van der Waals surface area contributed by atoms with Crippen LogP contribution in [0.4, 0.5) is 0 Å². The molecule has 0 aromatic carbocycles. The van der Waals surface area contributed by atoms with Gasteiger partial charge in [-0.2, -0.15) is 0 Å². The Balaban J connectivity index is 2.39. The summed E-state index contributed by atoms with van der Waals surface area (Å²) in [4.78, 5) is 5.04. The minimum absolute atomic E-state index is 0.396. The van der Waals surface area contributed by atoms with Gasteiger partial charge in [-0.25, -0.2) is 0 Å². The van der Waals surface area contributed by atoms with Crippen LogP contribution in [0.3, 0.4) is 0 Å². The van der Waals surface area contributed by atoms with Crippen LogP contribution in [0.2, 0.25) is 0 Å². The number of nitrogens with two attached hydrogens (primary N) is 1. The molecule has 0 bridgehead atoms. The molecule has 1 saturated heterocycles. The third-order valence-electron chi connectivity index (χ3n) is 3.56. The Bertz CT molecular complexity index is 210. The number of nitrogens with zero attached hydrogens (tertiary/aromatic N) is 2. The van der Waals surface area contributed by atoms with Crippen LogP contribution >= 0.6 is 0 Å². The molecule has 1 unspecified atom stereocenters. The van der Waals surface area contributed by atoms with Gasteiger partial charge in [-0.05, 0) is 50.9 Å². The minimum Gasteiger partial charge on any atom is -0.330 e. The fraction of sp³-hybridized carbons (Fsp3) is 1.00. The van der Waals surface area contributed by atoms with E-state index in [-0.39, 0.29) is 0 Å². The van der Waals surface area contributed by atoms with Crippen molar-refractivity contribution < 1.29 is 0 Å². The van der Waals surface area contributed by atoms with Crippen LogP contribution < -0.4 is 5.73 Å². The highest BCUT2D eigenvalue weighted by Crippen LogP contribution is 2.24. The Morgan fingerprint density at radius 1 is 1.12 bits per heavy atom. The monoisotopic (exact) mass is 241 g/mol. The van der Waals surface area contributed by atoms with Gasteiger partial charge in [-0.1, -0.05) is 20.8 Å². The maximum Gasteiger partial charge on any atom is 0.0109 e. The van der Waals surface area contributed by atoms with E-state index in [0.29, 0.717) is 11.3 Å². The Labute approximate surface area is 107 Å². The van der Waals surface area contributed by atoms with Gasteiger partial charge in [0.15, 0.2) is 0 Å². The first-order valence-electron chi connectivity index (χ1n) is 7.01. The highest BCUT2D eigenvalue weighted by Gasteiger charge is 2.21. The first kappa shape index (κ1) is 14.9. The van der Waals surface area contributed by atoms with Crippen molar-refractivity contribution in [2.75, 3.05) is 46.3 Å². The van der Waals surface area contributed by atoms with E-state index in [0.717, 1.165) is 6.54 Å². The molecule has 1 aliphatic rings. The molecule has 1 fully saturated rings. The van der Waals surface area contributed by atoms with E-state index in [1.807, 2.05) is 0 Å². The summed E-state index contributed by atoms with van der Waals surface area (Å²) in [6.07, 6.45) is 2.53. The van der Waals surface area contributed by atoms with Crippen molar-refractivity contribution in [1.82, 2.24) is 9.80 Å². The lowest BCUT2D eigenvalue weighted by Gasteiger charge is -2.30. The zero-order valence-corrected chi connectivity index (χ0v) is 12.2. The van der Waals surface area contributed by atoms with Crippen LogP contribution in [0.15, 0.2) is 0 Å². The van der Waals surface area contributed by atoms with Crippen molar-refractivity contribution in [2.45, 2.75) is 33.6 Å². The molecule has 1 atom stereocenters. The molecule has 1 heterocycles. The zero-order valence-electron chi connectivity index (χ0n) is 12.2. The third-order valence-corrected chi connectivity index (χ3v) is 3.56. The normalized spacial score (nSPS) is 22.4. The van der Waals surface area contributed by atoms with Crippen molar-refractivity contribution in [1.29, 1.82) is 0 Å². The summed E-state index contributed by atoms with van der Waals surface area (Å²) < 4.78 is 0. The zero-order chi connectivity index (χ0) is 12.9. The van der Waals surface area contributed by atoms with E-state index in [9.17, 15) is 0 Å². The van der Waals surface area contributed by atoms with Gasteiger partial charge in [0.2, 0.25) is 0 Å². The third kappa shape index (κ3) is 6.39. The molecule has 1 aliphatic heterocycles. The van der Waals surface area contributed by atoms with Crippen molar-refractivity contribution in [3.63, 3.8) is 0 Å². The molecule has 0 aromatic heterocycles. The second-order valence-electron chi connectivity index (χ2n) is 6.82. The molecule has 102 valence electrons. The van der Waals surface area contributed by atoms with Gasteiger partial charge in [0.25, 0.3) is 0 Å². The SMILES string of the molecule is CN1CCCN(CC(CN)CC(C)(C)C)CC1. The summed E-state index contributed by atoms with van der Waals surface area (Å²) >= 11 is 0. The summed E-state index contributed by atoms with van der Waals surface area (Å²) in [5, 5.41) is 0. The first-order valence-corrected chi connectivity index (χ1v) is 7.01. The molecular formula is C14H31N3. The molecular weight excluding hydrogens is 210 g/mol. The summed E-state index contributed by atoms with van der Waals surface area (Å²) in [7, 11) is 2.22. The molecule has 0 spiro atoms. The van der Waals surface area contributed by atoms with Crippen LogP contribution in [-0.4, -0.2) is 56.1 Å². The predicted molar refractivity (Wildman–Crippen MR) is 75.2 cm³/mol. The van der Waals surface area contributed by atoms with E-state index in [2.05, 4.69) is 37.6 Å². The molecule has 17 heavy (non-hydrogen) atoms. The number of rotatable bonds is 4. The molecule has 0 saturated carbocycles. The summed E-state index contributed by atoms with van der Waals surface area (Å²) in [6.45, 7) is 13.8. The van der Waals surface area contributed by atoms with Gasteiger partial charge in [0.1, 0.15) is 0 Å². The fourth-order valence-electron chi connectivity index (χ4n) is 2.74. The fourth-order valence-corrected chi connectivity index (χ4v) is 2.74. The number of hydrogen-bond donors (Lipinski definition) is 1. The first-order chi connectivity index (χ1) is 7.90.